The maximum absolute atomic E-state index is 12.5. The fourth-order valence-corrected chi connectivity index (χ4v) is 3.71. The van der Waals surface area contributed by atoms with E-state index < -0.39 is 30.3 Å². The Balaban J connectivity index is 1.81. The summed E-state index contributed by atoms with van der Waals surface area (Å²) in [6.45, 7) is 1.65. The van der Waals surface area contributed by atoms with Crippen LogP contribution in [-0.4, -0.2) is 45.1 Å². The Morgan fingerprint density at radius 3 is 2.46 bits per heavy atom. The molecular weight excluding hydrogens is 403 g/mol. The van der Waals surface area contributed by atoms with Gasteiger partial charge in [-0.2, -0.15) is 0 Å². The normalized spacial score (nSPS) is 17.8. The first-order valence-corrected chi connectivity index (χ1v) is 10.9. The third-order valence-corrected chi connectivity index (χ3v) is 5.77. The van der Waals surface area contributed by atoms with Crippen LogP contribution in [0.4, 0.5) is 11.4 Å². The number of carbonyl (C=O) groups excluding carboxylic acids is 1. The monoisotopic (exact) mass is 418 g/mol. The number of azo groups is 1. The first kappa shape index (κ1) is 18.1. The van der Waals surface area contributed by atoms with Gasteiger partial charge in [-0.15, -0.1) is 0 Å². The molecule has 2 aromatic carbocycles. The van der Waals surface area contributed by atoms with E-state index in [0.29, 0.717) is 11.4 Å². The van der Waals surface area contributed by atoms with Crippen molar-refractivity contribution in [3.63, 3.8) is 0 Å². The number of para-hydroxylation sites is 1. The van der Waals surface area contributed by atoms with E-state index in [1.807, 2.05) is 6.07 Å². The van der Waals surface area contributed by atoms with Gasteiger partial charge in [0.1, 0.15) is 0 Å². The van der Waals surface area contributed by atoms with Crippen LogP contribution in [0, 0.1) is 0 Å². The number of benzene rings is 2. The van der Waals surface area contributed by atoms with Crippen molar-refractivity contribution < 1.29 is 21.8 Å². The third kappa shape index (κ3) is 3.60. The van der Waals surface area contributed by atoms with E-state index in [4.69, 9.17) is 8.19 Å². The molecule has 9 nitrogen and oxygen atoms in total. The minimum atomic E-state index is -5.22. The van der Waals surface area contributed by atoms with Crippen molar-refractivity contribution >= 4 is 41.5 Å². The summed E-state index contributed by atoms with van der Waals surface area (Å²) in [5, 5.41) is 23.0. The molecule has 1 aliphatic heterocycles. The summed E-state index contributed by atoms with van der Waals surface area (Å²) in [5.41, 5.74) is 1.23. The molecule has 1 amide bonds. The molecule has 1 atom stereocenters. The van der Waals surface area contributed by atoms with Crippen LogP contribution in [0.25, 0.3) is 0 Å². The molecule has 0 saturated carbocycles. The van der Waals surface area contributed by atoms with Crippen LogP contribution in [0.3, 0.4) is 0 Å². The number of hydrogen-bond acceptors (Lipinski definition) is 6. The summed E-state index contributed by atoms with van der Waals surface area (Å²) in [7, 11) is 0. The number of phenolic OH excluding ortho intramolecular Hbond substituents is 1. The number of anilines is 1. The quantitative estimate of drug-likeness (QED) is 0.499. The standard InChI is InChI=1S/C16H15AsN4O5/c1-10-15(16(23)21(20-10)12-5-3-2-4-6-12)19-18-11-7-8-13(14(22)9-11)17(24,25)26/h2-9,15,22H,1H3,(H2,24,25,26). The topological polar surface area (TPSA) is 135 Å². The Morgan fingerprint density at radius 2 is 1.85 bits per heavy atom. The van der Waals surface area contributed by atoms with Crippen LogP contribution < -0.4 is 9.36 Å². The zero-order valence-electron chi connectivity index (χ0n) is 13.6. The SMILES string of the molecule is CC1=NN(c2ccccc2)C(=O)C1N=Nc1ccc([As](=O)(O)O)c(O)c1. The van der Waals surface area contributed by atoms with Gasteiger partial charge < -0.3 is 0 Å². The van der Waals surface area contributed by atoms with Crippen LogP contribution in [0.2, 0.25) is 0 Å². The second kappa shape index (κ2) is 6.87. The van der Waals surface area contributed by atoms with Crippen molar-refractivity contribution in [1.82, 2.24) is 0 Å². The average molecular weight is 418 g/mol. The predicted octanol–water partition coefficient (Wildman–Crippen LogP) is 0.828. The molecule has 0 spiro atoms. The first-order valence-electron chi connectivity index (χ1n) is 7.51. The Kier molecular flexibility index (Phi) is 4.77. The Morgan fingerprint density at radius 1 is 1.15 bits per heavy atom. The fourth-order valence-electron chi connectivity index (χ4n) is 2.39. The van der Waals surface area contributed by atoms with Crippen molar-refractivity contribution in [2.45, 2.75) is 13.0 Å². The fraction of sp³-hybridized carbons (Fsp3) is 0.125. The van der Waals surface area contributed by atoms with Gasteiger partial charge in [-0.25, -0.2) is 0 Å². The van der Waals surface area contributed by atoms with Gasteiger partial charge in [-0.05, 0) is 0 Å². The van der Waals surface area contributed by atoms with Gasteiger partial charge in [0.05, 0.1) is 0 Å². The van der Waals surface area contributed by atoms with E-state index in [-0.39, 0.29) is 11.6 Å². The van der Waals surface area contributed by atoms with E-state index >= 15 is 0 Å². The zero-order chi connectivity index (χ0) is 18.9. The zero-order valence-corrected chi connectivity index (χ0v) is 15.5. The summed E-state index contributed by atoms with van der Waals surface area (Å²) in [6.07, 6.45) is 0. The minimum absolute atomic E-state index is 0.161. The third-order valence-electron chi connectivity index (χ3n) is 3.66. The Bertz CT molecular complexity index is 954. The van der Waals surface area contributed by atoms with Gasteiger partial charge in [0.15, 0.2) is 0 Å². The number of amides is 1. The number of phenols is 1. The number of hydrazone groups is 1. The summed E-state index contributed by atoms with van der Waals surface area (Å²) in [4.78, 5) is 12.5. The van der Waals surface area contributed by atoms with E-state index in [0.717, 1.165) is 12.1 Å². The second-order valence-electron chi connectivity index (χ2n) is 5.56. The molecule has 1 aliphatic rings. The Hall–Kier alpha value is -2.74. The van der Waals surface area contributed by atoms with Crippen molar-refractivity contribution in [2.75, 3.05) is 5.01 Å². The van der Waals surface area contributed by atoms with Gasteiger partial charge >= 0.3 is 145 Å². The molecule has 0 radical (unpaired) electrons. The summed E-state index contributed by atoms with van der Waals surface area (Å²) in [6, 6.07) is 11.5. The number of nitrogens with zero attached hydrogens (tertiary/aromatic N) is 4. The molecule has 134 valence electrons. The van der Waals surface area contributed by atoms with Crippen LogP contribution in [0.15, 0.2) is 63.9 Å². The van der Waals surface area contributed by atoms with E-state index in [2.05, 4.69) is 15.3 Å². The summed E-state index contributed by atoms with van der Waals surface area (Å²) >= 11 is -5.22. The molecule has 0 aromatic heterocycles. The van der Waals surface area contributed by atoms with E-state index in [1.165, 1.54) is 11.1 Å². The number of hydrogen-bond donors (Lipinski definition) is 3. The van der Waals surface area contributed by atoms with Crippen molar-refractivity contribution in [3.8, 4) is 5.75 Å². The molecule has 2 aromatic rings. The van der Waals surface area contributed by atoms with Crippen LogP contribution in [-0.2, 0) is 8.53 Å². The maximum atomic E-state index is 12.5. The van der Waals surface area contributed by atoms with Gasteiger partial charge in [0, 0.05) is 0 Å². The molecule has 26 heavy (non-hydrogen) atoms. The molecular formula is C16H15AsN4O5. The molecule has 3 N–H and O–H groups in total. The molecule has 1 heterocycles. The molecule has 10 heteroatoms. The molecule has 0 fully saturated rings. The number of rotatable bonds is 4. The molecule has 1 unspecified atom stereocenters. The van der Waals surface area contributed by atoms with Gasteiger partial charge in [-0.3, -0.25) is 0 Å². The van der Waals surface area contributed by atoms with Gasteiger partial charge in [0.2, 0.25) is 0 Å². The summed E-state index contributed by atoms with van der Waals surface area (Å²) < 4.78 is 29.2. The predicted molar refractivity (Wildman–Crippen MR) is 94.0 cm³/mol. The van der Waals surface area contributed by atoms with Crippen molar-refractivity contribution in [2.24, 2.45) is 15.3 Å². The number of carbonyl (C=O) groups is 1. The van der Waals surface area contributed by atoms with Crippen LogP contribution in [0.1, 0.15) is 6.92 Å². The summed E-state index contributed by atoms with van der Waals surface area (Å²) in [5.74, 6) is -0.931. The van der Waals surface area contributed by atoms with Crippen LogP contribution >= 0.6 is 0 Å². The second-order valence-corrected chi connectivity index (χ2v) is 8.86. The Labute approximate surface area is 151 Å². The van der Waals surface area contributed by atoms with Gasteiger partial charge in [0.25, 0.3) is 0 Å². The van der Waals surface area contributed by atoms with Crippen molar-refractivity contribution in [1.29, 1.82) is 0 Å². The van der Waals surface area contributed by atoms with E-state index in [1.54, 1.807) is 31.2 Å². The van der Waals surface area contributed by atoms with Crippen LogP contribution in [0.5, 0.6) is 5.75 Å². The molecule has 3 rings (SSSR count). The molecule has 0 saturated heterocycles. The number of aromatic hydroxyl groups is 1. The van der Waals surface area contributed by atoms with E-state index in [9.17, 15) is 13.6 Å². The van der Waals surface area contributed by atoms with Gasteiger partial charge in [-0.1, -0.05) is 6.07 Å². The molecule has 0 bridgehead atoms. The first-order chi connectivity index (χ1) is 12.3. The average Bonchev–Trinajstić information content (AvgIpc) is 2.87. The molecule has 0 aliphatic carbocycles. The van der Waals surface area contributed by atoms with Crippen molar-refractivity contribution in [3.05, 3.63) is 48.5 Å².